The SMILES string of the molecule is Cl.NC(C1CCCCC1c1ccccc1)C1(O)COc2ccccc2OC1. The van der Waals surface area contributed by atoms with Crippen LogP contribution in [0.5, 0.6) is 11.5 Å². The summed E-state index contributed by atoms with van der Waals surface area (Å²) in [5.41, 5.74) is 6.79. The first-order valence-electron chi connectivity index (χ1n) is 9.55. The molecule has 3 N–H and O–H groups in total. The smallest absolute Gasteiger partial charge is 0.161 e. The van der Waals surface area contributed by atoms with Gasteiger partial charge in [-0.3, -0.25) is 0 Å². The lowest BCUT2D eigenvalue weighted by Crippen LogP contribution is -2.60. The van der Waals surface area contributed by atoms with Gasteiger partial charge < -0.3 is 20.3 Å². The standard InChI is InChI=1S/C22H27NO3.ClH/c23-21(18-11-5-4-10-17(18)16-8-2-1-3-9-16)22(24)14-25-19-12-6-7-13-20(19)26-15-22;/h1-3,6-9,12-13,17-18,21,24H,4-5,10-11,14-15,23H2;1H. The lowest BCUT2D eigenvalue weighted by molar-refractivity contribution is -0.0670. The summed E-state index contributed by atoms with van der Waals surface area (Å²) >= 11 is 0. The molecule has 1 saturated carbocycles. The minimum Gasteiger partial charge on any atom is -0.486 e. The number of rotatable bonds is 3. The second-order valence-corrected chi connectivity index (χ2v) is 7.62. The van der Waals surface area contributed by atoms with E-state index < -0.39 is 11.6 Å². The number of ether oxygens (including phenoxy) is 2. The van der Waals surface area contributed by atoms with Crippen LogP contribution in [-0.4, -0.2) is 30.0 Å². The average Bonchev–Trinajstić information content (AvgIpc) is 2.88. The summed E-state index contributed by atoms with van der Waals surface area (Å²) in [5, 5.41) is 11.3. The Morgan fingerprint density at radius 2 is 1.44 bits per heavy atom. The quantitative estimate of drug-likeness (QED) is 0.835. The number of aliphatic hydroxyl groups is 1. The van der Waals surface area contributed by atoms with Crippen LogP contribution in [0.3, 0.4) is 0 Å². The van der Waals surface area contributed by atoms with Crippen molar-refractivity contribution in [2.24, 2.45) is 11.7 Å². The third-order valence-corrected chi connectivity index (χ3v) is 5.93. The zero-order valence-electron chi connectivity index (χ0n) is 15.4. The highest BCUT2D eigenvalue weighted by Crippen LogP contribution is 2.42. The number of benzene rings is 2. The van der Waals surface area contributed by atoms with Crippen LogP contribution in [0, 0.1) is 5.92 Å². The van der Waals surface area contributed by atoms with E-state index in [1.165, 1.54) is 12.0 Å². The Bertz CT molecular complexity index is 712. The highest BCUT2D eigenvalue weighted by atomic mass is 35.5. The fraction of sp³-hybridized carbons (Fsp3) is 0.455. The highest BCUT2D eigenvalue weighted by Gasteiger charge is 2.45. The maximum absolute atomic E-state index is 11.3. The van der Waals surface area contributed by atoms with E-state index in [1.807, 2.05) is 30.3 Å². The molecule has 2 aromatic rings. The summed E-state index contributed by atoms with van der Waals surface area (Å²) < 4.78 is 11.7. The van der Waals surface area contributed by atoms with Gasteiger partial charge in [-0.05, 0) is 42.4 Å². The molecule has 3 atom stereocenters. The molecule has 0 aromatic heterocycles. The van der Waals surface area contributed by atoms with E-state index in [1.54, 1.807) is 0 Å². The summed E-state index contributed by atoms with van der Waals surface area (Å²) in [6.07, 6.45) is 4.50. The lowest BCUT2D eigenvalue weighted by Gasteiger charge is -2.42. The second kappa shape index (κ2) is 8.51. The van der Waals surface area contributed by atoms with E-state index >= 15 is 0 Å². The Kier molecular flexibility index (Phi) is 6.30. The first-order valence-corrected chi connectivity index (χ1v) is 9.55. The third-order valence-electron chi connectivity index (χ3n) is 5.93. The zero-order chi connectivity index (χ0) is 18.0. The molecule has 1 heterocycles. The lowest BCUT2D eigenvalue weighted by atomic mass is 9.68. The van der Waals surface area contributed by atoms with Gasteiger partial charge in [-0.15, -0.1) is 12.4 Å². The highest BCUT2D eigenvalue weighted by molar-refractivity contribution is 5.85. The van der Waals surface area contributed by atoms with Crippen LogP contribution in [0.2, 0.25) is 0 Å². The molecule has 0 spiro atoms. The molecule has 5 heteroatoms. The molecule has 0 bridgehead atoms. The van der Waals surface area contributed by atoms with E-state index in [-0.39, 0.29) is 31.5 Å². The van der Waals surface area contributed by atoms with E-state index in [4.69, 9.17) is 15.2 Å². The number of para-hydroxylation sites is 2. The fourth-order valence-corrected chi connectivity index (χ4v) is 4.43. The first kappa shape index (κ1) is 20.0. The molecule has 2 aromatic carbocycles. The Morgan fingerprint density at radius 3 is 2.07 bits per heavy atom. The Balaban J connectivity index is 0.00000210. The summed E-state index contributed by atoms with van der Waals surface area (Å²) in [4.78, 5) is 0. The maximum Gasteiger partial charge on any atom is 0.161 e. The van der Waals surface area contributed by atoms with Crippen LogP contribution in [0.15, 0.2) is 54.6 Å². The molecule has 0 amide bonds. The van der Waals surface area contributed by atoms with Crippen LogP contribution in [0.25, 0.3) is 0 Å². The molecular formula is C22H28ClNO3. The van der Waals surface area contributed by atoms with Gasteiger partial charge >= 0.3 is 0 Å². The van der Waals surface area contributed by atoms with Crippen molar-refractivity contribution in [1.82, 2.24) is 0 Å². The van der Waals surface area contributed by atoms with Crippen molar-refractivity contribution in [3.63, 3.8) is 0 Å². The molecule has 3 unspecified atom stereocenters. The Labute approximate surface area is 167 Å². The van der Waals surface area contributed by atoms with Gasteiger partial charge in [0, 0.05) is 6.04 Å². The molecule has 0 radical (unpaired) electrons. The summed E-state index contributed by atoms with van der Waals surface area (Å²) in [5.74, 6) is 1.91. The second-order valence-electron chi connectivity index (χ2n) is 7.62. The maximum atomic E-state index is 11.3. The Hall–Kier alpha value is -1.75. The van der Waals surface area contributed by atoms with Crippen LogP contribution in [0.4, 0.5) is 0 Å². The van der Waals surface area contributed by atoms with Crippen molar-refractivity contribution in [2.75, 3.05) is 13.2 Å². The van der Waals surface area contributed by atoms with E-state index in [0.717, 1.165) is 19.3 Å². The van der Waals surface area contributed by atoms with Crippen molar-refractivity contribution in [3.8, 4) is 11.5 Å². The monoisotopic (exact) mass is 389 g/mol. The van der Waals surface area contributed by atoms with E-state index in [2.05, 4.69) is 24.3 Å². The molecule has 1 fully saturated rings. The minimum absolute atomic E-state index is 0. The topological polar surface area (TPSA) is 64.7 Å². The molecule has 4 rings (SSSR count). The van der Waals surface area contributed by atoms with Crippen molar-refractivity contribution < 1.29 is 14.6 Å². The van der Waals surface area contributed by atoms with Crippen molar-refractivity contribution >= 4 is 12.4 Å². The molecular weight excluding hydrogens is 362 g/mol. The van der Waals surface area contributed by atoms with Crippen LogP contribution in [0.1, 0.15) is 37.2 Å². The number of fused-ring (bicyclic) bond motifs is 1. The predicted octanol–water partition coefficient (Wildman–Crippen LogP) is 3.91. The van der Waals surface area contributed by atoms with Gasteiger partial charge in [0.1, 0.15) is 18.8 Å². The number of nitrogens with two attached hydrogens (primary N) is 1. The predicted molar refractivity (Wildman–Crippen MR) is 109 cm³/mol. The summed E-state index contributed by atoms with van der Waals surface area (Å²) in [6.45, 7) is 0.312. The summed E-state index contributed by atoms with van der Waals surface area (Å²) in [7, 11) is 0. The minimum atomic E-state index is -1.20. The largest absolute Gasteiger partial charge is 0.486 e. The first-order chi connectivity index (χ1) is 12.7. The van der Waals surface area contributed by atoms with Gasteiger partial charge in [0.2, 0.25) is 0 Å². The van der Waals surface area contributed by atoms with Crippen LogP contribution in [-0.2, 0) is 0 Å². The van der Waals surface area contributed by atoms with Crippen LogP contribution < -0.4 is 15.2 Å². The molecule has 146 valence electrons. The van der Waals surface area contributed by atoms with Gasteiger partial charge in [-0.25, -0.2) is 0 Å². The Morgan fingerprint density at radius 1 is 0.889 bits per heavy atom. The van der Waals surface area contributed by atoms with E-state index in [0.29, 0.717) is 17.4 Å². The van der Waals surface area contributed by atoms with Gasteiger partial charge in [-0.1, -0.05) is 55.3 Å². The zero-order valence-corrected chi connectivity index (χ0v) is 16.2. The normalized spacial score (nSPS) is 25.0. The summed E-state index contributed by atoms with van der Waals surface area (Å²) in [6, 6.07) is 17.7. The molecule has 4 nitrogen and oxygen atoms in total. The van der Waals surface area contributed by atoms with Gasteiger partial charge in [0.05, 0.1) is 0 Å². The fourth-order valence-electron chi connectivity index (χ4n) is 4.43. The molecule has 0 saturated heterocycles. The van der Waals surface area contributed by atoms with Gasteiger partial charge in [0.15, 0.2) is 11.5 Å². The molecule has 1 aliphatic carbocycles. The van der Waals surface area contributed by atoms with Gasteiger partial charge in [0.25, 0.3) is 0 Å². The van der Waals surface area contributed by atoms with Crippen molar-refractivity contribution in [2.45, 2.75) is 43.2 Å². The molecule has 27 heavy (non-hydrogen) atoms. The average molecular weight is 390 g/mol. The number of hydrogen-bond acceptors (Lipinski definition) is 4. The van der Waals surface area contributed by atoms with Crippen molar-refractivity contribution in [3.05, 3.63) is 60.2 Å². The van der Waals surface area contributed by atoms with Gasteiger partial charge in [-0.2, -0.15) is 0 Å². The van der Waals surface area contributed by atoms with Crippen molar-refractivity contribution in [1.29, 1.82) is 0 Å². The number of halogens is 1. The van der Waals surface area contributed by atoms with E-state index in [9.17, 15) is 5.11 Å². The molecule has 1 aliphatic heterocycles. The van der Waals surface area contributed by atoms with Crippen LogP contribution >= 0.6 is 12.4 Å². The number of hydrogen-bond donors (Lipinski definition) is 2. The molecule has 2 aliphatic rings. The third kappa shape index (κ3) is 4.08.